The maximum Gasteiger partial charge on any atom is 0.224 e. The number of para-hydroxylation sites is 1. The number of hydrogen-bond donors (Lipinski definition) is 2. The van der Waals surface area contributed by atoms with Crippen molar-refractivity contribution >= 4 is 22.5 Å². The number of H-pyrrole nitrogens is 1. The molecule has 0 aliphatic heterocycles. The van der Waals surface area contributed by atoms with Crippen LogP contribution < -0.4 is 5.32 Å². The third-order valence-corrected chi connectivity index (χ3v) is 3.24. The van der Waals surface area contributed by atoms with Gasteiger partial charge in [0.1, 0.15) is 12.0 Å². The van der Waals surface area contributed by atoms with Gasteiger partial charge < -0.3 is 14.8 Å². The number of carbonyl (C=O) groups is 1. The normalized spacial score (nSPS) is 10.8. The van der Waals surface area contributed by atoms with Crippen molar-refractivity contribution in [1.29, 1.82) is 0 Å². The molecule has 102 valence electrons. The molecule has 5 nitrogen and oxygen atoms in total. The number of carbonyl (C=O) groups excluding carboxylic acids is 1. The number of nitrogens with zero attached hydrogens (tertiary/aromatic N) is 1. The Labute approximate surface area is 116 Å². The van der Waals surface area contributed by atoms with Crippen molar-refractivity contribution in [3.63, 3.8) is 0 Å². The van der Waals surface area contributed by atoms with Gasteiger partial charge in [-0.2, -0.15) is 0 Å². The molecule has 20 heavy (non-hydrogen) atoms. The van der Waals surface area contributed by atoms with E-state index in [4.69, 9.17) is 0 Å². The van der Waals surface area contributed by atoms with Crippen LogP contribution in [0, 0.1) is 0 Å². The smallest absolute Gasteiger partial charge is 0.224 e. The van der Waals surface area contributed by atoms with Crippen LogP contribution in [0.1, 0.15) is 18.4 Å². The third kappa shape index (κ3) is 2.71. The fraction of sp³-hybridized carbons (Fsp3) is 0.200. The number of anilines is 1. The lowest BCUT2D eigenvalue weighted by atomic mass is 10.1. The Morgan fingerprint density at radius 2 is 2.25 bits per heavy atom. The lowest BCUT2D eigenvalue weighted by molar-refractivity contribution is -0.116. The average molecular weight is 269 g/mol. The number of fused-ring (bicyclic) bond motifs is 1. The number of nitrogens with one attached hydrogen (secondary N) is 2. The molecule has 0 fully saturated rings. The highest BCUT2D eigenvalue weighted by Crippen LogP contribution is 2.19. The third-order valence-electron chi connectivity index (χ3n) is 3.24. The Morgan fingerprint density at radius 1 is 1.35 bits per heavy atom. The monoisotopic (exact) mass is 269 g/mol. The molecule has 0 unspecified atom stereocenters. The highest BCUT2D eigenvalue weighted by molar-refractivity contribution is 5.90. The van der Waals surface area contributed by atoms with Crippen molar-refractivity contribution in [2.45, 2.75) is 19.3 Å². The second-order valence-corrected chi connectivity index (χ2v) is 4.67. The molecule has 0 aliphatic rings. The van der Waals surface area contributed by atoms with E-state index in [1.54, 1.807) is 0 Å². The standard InChI is InChI=1S/C15H15N3O2/c19-15(18-12-9-17-20-10-12)7-3-4-11-8-16-14-6-2-1-5-13(11)14/h1-2,5-6,8-10,16H,3-4,7H2,(H,18,19). The predicted octanol–water partition coefficient (Wildman–Crippen LogP) is 3.12. The van der Waals surface area contributed by atoms with Crippen LogP contribution in [0.5, 0.6) is 0 Å². The fourth-order valence-corrected chi connectivity index (χ4v) is 2.27. The van der Waals surface area contributed by atoms with Gasteiger partial charge in [-0.1, -0.05) is 23.4 Å². The van der Waals surface area contributed by atoms with E-state index >= 15 is 0 Å². The molecule has 3 aromatic rings. The molecule has 0 radical (unpaired) electrons. The maximum atomic E-state index is 11.7. The second-order valence-electron chi connectivity index (χ2n) is 4.67. The highest BCUT2D eigenvalue weighted by Gasteiger charge is 2.06. The van der Waals surface area contributed by atoms with E-state index in [1.165, 1.54) is 23.4 Å². The topological polar surface area (TPSA) is 70.9 Å². The van der Waals surface area contributed by atoms with Crippen molar-refractivity contribution in [2.75, 3.05) is 5.32 Å². The number of aryl methyl sites for hydroxylation is 1. The van der Waals surface area contributed by atoms with Gasteiger partial charge in [-0.05, 0) is 24.5 Å². The van der Waals surface area contributed by atoms with Crippen molar-refractivity contribution in [3.8, 4) is 0 Å². The summed E-state index contributed by atoms with van der Waals surface area (Å²) in [5, 5.41) is 7.50. The summed E-state index contributed by atoms with van der Waals surface area (Å²) in [6, 6.07) is 8.18. The van der Waals surface area contributed by atoms with Crippen LogP contribution in [0.15, 0.2) is 47.4 Å². The second kappa shape index (κ2) is 5.61. The zero-order valence-corrected chi connectivity index (χ0v) is 10.9. The Balaban J connectivity index is 1.53. The molecule has 0 spiro atoms. The summed E-state index contributed by atoms with van der Waals surface area (Å²) in [5.41, 5.74) is 2.98. The van der Waals surface area contributed by atoms with Gasteiger partial charge in [0, 0.05) is 23.5 Å². The Kier molecular flexibility index (Phi) is 3.50. The molecule has 2 N–H and O–H groups in total. The summed E-state index contributed by atoms with van der Waals surface area (Å²) in [5.74, 6) is -0.0203. The molecule has 0 aliphatic carbocycles. The first kappa shape index (κ1) is 12.5. The van der Waals surface area contributed by atoms with Crippen molar-refractivity contribution in [2.24, 2.45) is 0 Å². The molecule has 1 aromatic carbocycles. The molecule has 2 heterocycles. The minimum absolute atomic E-state index is 0.0203. The van der Waals surface area contributed by atoms with Gasteiger partial charge in [0.05, 0.1) is 6.20 Å². The van der Waals surface area contributed by atoms with Gasteiger partial charge in [-0.15, -0.1) is 0 Å². The summed E-state index contributed by atoms with van der Waals surface area (Å²) in [6.07, 6.45) is 7.07. The Bertz CT molecular complexity index is 701. The summed E-state index contributed by atoms with van der Waals surface area (Å²) in [7, 11) is 0. The summed E-state index contributed by atoms with van der Waals surface area (Å²) < 4.78 is 4.66. The van der Waals surface area contributed by atoms with Gasteiger partial charge in [0.25, 0.3) is 0 Å². The van der Waals surface area contributed by atoms with Gasteiger partial charge >= 0.3 is 0 Å². The lowest BCUT2D eigenvalue weighted by Crippen LogP contribution is -2.10. The minimum atomic E-state index is -0.0203. The van der Waals surface area contributed by atoms with Crippen LogP contribution in [0.3, 0.4) is 0 Å². The van der Waals surface area contributed by atoms with E-state index in [9.17, 15) is 4.79 Å². The van der Waals surface area contributed by atoms with Gasteiger partial charge in [0.15, 0.2) is 0 Å². The molecular weight excluding hydrogens is 254 g/mol. The zero-order valence-electron chi connectivity index (χ0n) is 10.9. The molecule has 5 heteroatoms. The van der Waals surface area contributed by atoms with E-state index < -0.39 is 0 Å². The van der Waals surface area contributed by atoms with Crippen LogP contribution in [0.4, 0.5) is 5.69 Å². The van der Waals surface area contributed by atoms with Crippen molar-refractivity contribution < 1.29 is 9.32 Å². The summed E-state index contributed by atoms with van der Waals surface area (Å²) in [6.45, 7) is 0. The minimum Gasteiger partial charge on any atom is -0.363 e. The quantitative estimate of drug-likeness (QED) is 0.747. The van der Waals surface area contributed by atoms with Crippen LogP contribution in [0.2, 0.25) is 0 Å². The number of rotatable bonds is 5. The van der Waals surface area contributed by atoms with Gasteiger partial charge in [-0.25, -0.2) is 0 Å². The largest absolute Gasteiger partial charge is 0.363 e. The van der Waals surface area contributed by atoms with E-state index in [0.29, 0.717) is 12.1 Å². The SMILES string of the molecule is O=C(CCCc1c[nH]c2ccccc12)Nc1cnoc1. The van der Waals surface area contributed by atoms with Gasteiger partial charge in [-0.3, -0.25) is 4.79 Å². The van der Waals surface area contributed by atoms with E-state index in [0.717, 1.165) is 18.4 Å². The highest BCUT2D eigenvalue weighted by atomic mass is 16.5. The molecule has 3 rings (SSSR count). The number of aromatic amines is 1. The van der Waals surface area contributed by atoms with Crippen molar-refractivity contribution in [1.82, 2.24) is 10.1 Å². The van der Waals surface area contributed by atoms with Crippen LogP contribution >= 0.6 is 0 Å². The number of amides is 1. The zero-order chi connectivity index (χ0) is 13.8. The van der Waals surface area contributed by atoms with Crippen LogP contribution in [-0.4, -0.2) is 16.0 Å². The number of benzene rings is 1. The fourth-order valence-electron chi connectivity index (χ4n) is 2.27. The summed E-state index contributed by atoms with van der Waals surface area (Å²) in [4.78, 5) is 15.0. The molecule has 0 atom stereocenters. The van der Waals surface area contributed by atoms with Gasteiger partial charge in [0.2, 0.25) is 5.91 Å². The van der Waals surface area contributed by atoms with E-state index in [2.05, 4.69) is 32.1 Å². The lowest BCUT2D eigenvalue weighted by Gasteiger charge is -2.01. The summed E-state index contributed by atoms with van der Waals surface area (Å²) >= 11 is 0. The molecule has 1 amide bonds. The maximum absolute atomic E-state index is 11.7. The first-order valence-corrected chi connectivity index (χ1v) is 6.57. The van der Waals surface area contributed by atoms with Crippen LogP contribution in [-0.2, 0) is 11.2 Å². The molecular formula is C15H15N3O2. The predicted molar refractivity (Wildman–Crippen MR) is 76.4 cm³/mol. The average Bonchev–Trinajstić information content (AvgIpc) is 3.09. The van der Waals surface area contributed by atoms with Crippen molar-refractivity contribution in [3.05, 3.63) is 48.5 Å². The Morgan fingerprint density at radius 3 is 3.10 bits per heavy atom. The molecule has 0 bridgehead atoms. The van der Waals surface area contributed by atoms with E-state index in [-0.39, 0.29) is 5.91 Å². The first-order valence-electron chi connectivity index (χ1n) is 6.57. The van der Waals surface area contributed by atoms with E-state index in [1.807, 2.05) is 18.3 Å². The molecule has 0 saturated heterocycles. The molecule has 0 saturated carbocycles. The number of hydrogen-bond acceptors (Lipinski definition) is 3. The first-order chi connectivity index (χ1) is 9.83. The molecule has 2 aromatic heterocycles. The van der Waals surface area contributed by atoms with Crippen LogP contribution in [0.25, 0.3) is 10.9 Å². The Hall–Kier alpha value is -2.56. The number of aromatic nitrogens is 2.